The number of aromatic nitrogens is 2. The quantitative estimate of drug-likeness (QED) is 0.579. The van der Waals surface area contributed by atoms with Crippen molar-refractivity contribution < 1.29 is 9.59 Å². The van der Waals surface area contributed by atoms with Crippen molar-refractivity contribution in [3.05, 3.63) is 17.5 Å². The molecular formula is C10H11ClN4O2. The predicted octanol–water partition coefficient (Wildman–Crippen LogP) is 0.371. The molecule has 0 unspecified atom stereocenters. The summed E-state index contributed by atoms with van der Waals surface area (Å²) in [5.41, 5.74) is -0.856. The third-order valence-electron chi connectivity index (χ3n) is 2.68. The van der Waals surface area contributed by atoms with Gasteiger partial charge in [-0.05, 0) is 13.8 Å². The highest BCUT2D eigenvalue weighted by atomic mass is 35.5. The summed E-state index contributed by atoms with van der Waals surface area (Å²) in [4.78, 5) is 32.5. The van der Waals surface area contributed by atoms with Gasteiger partial charge in [0.1, 0.15) is 22.8 Å². The van der Waals surface area contributed by atoms with Gasteiger partial charge in [0.2, 0.25) is 5.91 Å². The predicted molar refractivity (Wildman–Crippen MR) is 61.6 cm³/mol. The van der Waals surface area contributed by atoms with Gasteiger partial charge in [0.15, 0.2) is 0 Å². The van der Waals surface area contributed by atoms with Crippen LogP contribution in [0.15, 0.2) is 12.4 Å². The van der Waals surface area contributed by atoms with E-state index >= 15 is 0 Å². The van der Waals surface area contributed by atoms with Crippen molar-refractivity contribution in [3.63, 3.8) is 0 Å². The highest BCUT2D eigenvalue weighted by Crippen LogP contribution is 2.25. The Labute approximate surface area is 103 Å². The van der Waals surface area contributed by atoms with E-state index in [-0.39, 0.29) is 23.5 Å². The van der Waals surface area contributed by atoms with Crippen LogP contribution in [-0.4, -0.2) is 33.9 Å². The Kier molecular flexibility index (Phi) is 2.74. The van der Waals surface area contributed by atoms with Gasteiger partial charge in [-0.2, -0.15) is 0 Å². The number of nitrogens with zero attached hydrogens (tertiary/aromatic N) is 3. The molecule has 2 heterocycles. The van der Waals surface area contributed by atoms with Gasteiger partial charge in [0.25, 0.3) is 5.91 Å². The van der Waals surface area contributed by atoms with Crippen LogP contribution in [0.1, 0.15) is 13.8 Å². The molecule has 0 atom stereocenters. The topological polar surface area (TPSA) is 75.2 Å². The molecule has 2 rings (SSSR count). The van der Waals surface area contributed by atoms with Crippen LogP contribution in [0.25, 0.3) is 0 Å². The monoisotopic (exact) mass is 254 g/mol. The summed E-state index contributed by atoms with van der Waals surface area (Å²) in [6.45, 7) is 3.49. The molecule has 1 saturated heterocycles. The molecule has 17 heavy (non-hydrogen) atoms. The van der Waals surface area contributed by atoms with Crippen LogP contribution < -0.4 is 10.2 Å². The molecule has 1 aromatic rings. The third kappa shape index (κ3) is 2.08. The molecule has 1 aliphatic heterocycles. The SMILES string of the molecule is CC1(C)C(=O)NC(=O)CN1c1cc(Cl)ncn1. The Balaban J connectivity index is 2.42. The van der Waals surface area contributed by atoms with Crippen LogP contribution in [0.2, 0.25) is 5.15 Å². The molecule has 7 heteroatoms. The zero-order chi connectivity index (χ0) is 12.6. The van der Waals surface area contributed by atoms with Gasteiger partial charge in [-0.25, -0.2) is 9.97 Å². The number of carbonyl (C=O) groups is 2. The maximum Gasteiger partial charge on any atom is 0.251 e. The summed E-state index contributed by atoms with van der Waals surface area (Å²) in [6, 6.07) is 1.52. The van der Waals surface area contributed by atoms with Gasteiger partial charge in [0, 0.05) is 6.07 Å². The lowest BCUT2D eigenvalue weighted by Gasteiger charge is -2.40. The van der Waals surface area contributed by atoms with Crippen LogP contribution in [-0.2, 0) is 9.59 Å². The van der Waals surface area contributed by atoms with Gasteiger partial charge in [0.05, 0.1) is 6.54 Å². The van der Waals surface area contributed by atoms with Crippen LogP contribution in [0.3, 0.4) is 0 Å². The Morgan fingerprint density at radius 3 is 2.76 bits per heavy atom. The fourth-order valence-electron chi connectivity index (χ4n) is 1.62. The number of piperazine rings is 1. The van der Waals surface area contributed by atoms with Gasteiger partial charge >= 0.3 is 0 Å². The Morgan fingerprint density at radius 1 is 1.41 bits per heavy atom. The minimum Gasteiger partial charge on any atom is -0.333 e. The van der Waals surface area contributed by atoms with E-state index in [4.69, 9.17) is 11.6 Å². The molecule has 1 fully saturated rings. The number of hydrogen-bond donors (Lipinski definition) is 1. The van der Waals surface area contributed by atoms with Crippen LogP contribution in [0, 0.1) is 0 Å². The number of hydrogen-bond acceptors (Lipinski definition) is 5. The summed E-state index contributed by atoms with van der Waals surface area (Å²) < 4.78 is 0. The number of rotatable bonds is 1. The average Bonchev–Trinajstić information content (AvgIpc) is 2.24. The molecule has 0 radical (unpaired) electrons. The summed E-state index contributed by atoms with van der Waals surface area (Å²) in [6.07, 6.45) is 1.30. The zero-order valence-electron chi connectivity index (χ0n) is 9.40. The van der Waals surface area contributed by atoms with Crippen molar-refractivity contribution in [2.75, 3.05) is 11.4 Å². The maximum absolute atomic E-state index is 11.7. The summed E-state index contributed by atoms with van der Waals surface area (Å²) in [7, 11) is 0. The standard InChI is InChI=1S/C10H11ClN4O2/c1-10(2)9(17)14-8(16)4-15(10)7-3-6(11)12-5-13-7/h3,5H,4H2,1-2H3,(H,14,16,17). The first kappa shape index (κ1) is 11.8. The molecule has 6 nitrogen and oxygen atoms in total. The van der Waals surface area contributed by atoms with Gasteiger partial charge < -0.3 is 4.90 Å². The van der Waals surface area contributed by atoms with E-state index < -0.39 is 5.54 Å². The molecular weight excluding hydrogens is 244 g/mol. The van der Waals surface area contributed by atoms with E-state index in [9.17, 15) is 9.59 Å². The molecule has 0 saturated carbocycles. The van der Waals surface area contributed by atoms with Gasteiger partial charge in [-0.3, -0.25) is 14.9 Å². The molecule has 1 aromatic heterocycles. The molecule has 1 aliphatic rings. The lowest BCUT2D eigenvalue weighted by atomic mass is 9.99. The first-order chi connectivity index (χ1) is 7.91. The second-order valence-electron chi connectivity index (χ2n) is 4.22. The van der Waals surface area contributed by atoms with E-state index in [0.717, 1.165) is 0 Å². The smallest absolute Gasteiger partial charge is 0.251 e. The summed E-state index contributed by atoms with van der Waals surface area (Å²) >= 11 is 5.77. The van der Waals surface area contributed by atoms with E-state index in [2.05, 4.69) is 15.3 Å². The number of amides is 2. The summed E-state index contributed by atoms with van der Waals surface area (Å²) in [5, 5.41) is 2.56. The largest absolute Gasteiger partial charge is 0.333 e. The number of nitrogens with one attached hydrogen (secondary N) is 1. The Morgan fingerprint density at radius 2 is 2.12 bits per heavy atom. The Bertz CT molecular complexity index is 489. The van der Waals surface area contributed by atoms with E-state index in [1.54, 1.807) is 18.7 Å². The van der Waals surface area contributed by atoms with Crippen molar-refractivity contribution in [2.24, 2.45) is 0 Å². The molecule has 90 valence electrons. The first-order valence-electron chi connectivity index (χ1n) is 5.01. The highest BCUT2D eigenvalue weighted by Gasteiger charge is 2.41. The van der Waals surface area contributed by atoms with Crippen LogP contribution in [0.5, 0.6) is 0 Å². The van der Waals surface area contributed by atoms with E-state index in [0.29, 0.717) is 5.82 Å². The molecule has 1 N–H and O–H groups in total. The maximum atomic E-state index is 11.7. The lowest BCUT2D eigenvalue weighted by Crippen LogP contribution is -2.64. The van der Waals surface area contributed by atoms with Crippen molar-refractivity contribution in [3.8, 4) is 0 Å². The number of halogens is 1. The second-order valence-corrected chi connectivity index (χ2v) is 4.61. The highest BCUT2D eigenvalue weighted by molar-refractivity contribution is 6.29. The summed E-state index contributed by atoms with van der Waals surface area (Å²) in [5.74, 6) is -0.259. The van der Waals surface area contributed by atoms with Crippen molar-refractivity contribution in [1.82, 2.24) is 15.3 Å². The minimum atomic E-state index is -0.856. The van der Waals surface area contributed by atoms with Gasteiger partial charge in [-0.15, -0.1) is 0 Å². The third-order valence-corrected chi connectivity index (χ3v) is 2.89. The normalized spacial score (nSPS) is 19.1. The number of carbonyl (C=O) groups excluding carboxylic acids is 2. The molecule has 2 amide bonds. The number of imide groups is 1. The molecule has 0 bridgehead atoms. The molecule has 0 spiro atoms. The van der Waals surface area contributed by atoms with Crippen molar-refractivity contribution in [1.29, 1.82) is 0 Å². The second kappa shape index (κ2) is 3.96. The first-order valence-corrected chi connectivity index (χ1v) is 5.38. The van der Waals surface area contributed by atoms with Crippen LogP contribution >= 0.6 is 11.6 Å². The van der Waals surface area contributed by atoms with E-state index in [1.165, 1.54) is 12.4 Å². The Hall–Kier alpha value is -1.69. The zero-order valence-corrected chi connectivity index (χ0v) is 10.2. The van der Waals surface area contributed by atoms with Crippen molar-refractivity contribution in [2.45, 2.75) is 19.4 Å². The van der Waals surface area contributed by atoms with Crippen molar-refractivity contribution >= 4 is 29.2 Å². The van der Waals surface area contributed by atoms with Crippen LogP contribution in [0.4, 0.5) is 5.82 Å². The fourth-order valence-corrected chi connectivity index (χ4v) is 1.76. The molecule has 0 aromatic carbocycles. The lowest BCUT2D eigenvalue weighted by molar-refractivity contribution is -0.135. The average molecular weight is 255 g/mol. The van der Waals surface area contributed by atoms with Gasteiger partial charge in [-0.1, -0.05) is 11.6 Å². The molecule has 0 aliphatic carbocycles. The minimum absolute atomic E-state index is 0.0616. The number of anilines is 1. The van der Waals surface area contributed by atoms with E-state index in [1.807, 2.05) is 0 Å². The fraction of sp³-hybridized carbons (Fsp3) is 0.400.